The number of hydrogen-bond acceptors (Lipinski definition) is 3. The molecule has 2 fully saturated rings. The number of fused-ring (bicyclic) bond motifs is 5. The van der Waals surface area contributed by atoms with Gasteiger partial charge in [-0.25, -0.2) is 0 Å². The molecule has 2 saturated carbocycles. The van der Waals surface area contributed by atoms with Crippen LogP contribution in [0.5, 0.6) is 5.75 Å². The minimum atomic E-state index is -0.642. The Bertz CT molecular complexity index is 978. The van der Waals surface area contributed by atoms with Crippen molar-refractivity contribution in [1.82, 2.24) is 0 Å². The average molecular weight is 388 g/mol. The van der Waals surface area contributed by atoms with Crippen LogP contribution in [0.3, 0.4) is 0 Å². The lowest BCUT2D eigenvalue weighted by Crippen LogP contribution is -2.51. The summed E-state index contributed by atoms with van der Waals surface area (Å²) in [5.74, 6) is 1.64. The first-order valence-corrected chi connectivity index (χ1v) is 11.0. The molecule has 0 amide bonds. The number of aryl methyl sites for hydroxylation is 1. The molecule has 5 rings (SSSR count). The Morgan fingerprint density at radius 3 is 2.66 bits per heavy atom. The maximum atomic E-state index is 11.8. The van der Waals surface area contributed by atoms with Crippen molar-refractivity contribution in [3.8, 4) is 11.8 Å². The van der Waals surface area contributed by atoms with E-state index in [0.29, 0.717) is 23.3 Å². The number of benzene rings is 2. The predicted octanol–water partition coefficient (Wildman–Crippen LogP) is 5.09. The van der Waals surface area contributed by atoms with E-state index in [4.69, 9.17) is 0 Å². The van der Waals surface area contributed by atoms with E-state index < -0.39 is 5.60 Å². The molecule has 5 atom stereocenters. The topological polar surface area (TPSA) is 64.2 Å². The molecule has 3 aliphatic carbocycles. The molecule has 150 valence electrons. The zero-order valence-corrected chi connectivity index (χ0v) is 17.1. The van der Waals surface area contributed by atoms with Crippen LogP contribution >= 0.6 is 0 Å². The van der Waals surface area contributed by atoms with E-state index in [9.17, 15) is 15.5 Å². The number of nitrogens with zero attached hydrogens (tertiary/aromatic N) is 1. The Morgan fingerprint density at radius 2 is 1.90 bits per heavy atom. The Balaban J connectivity index is 1.47. The molecule has 0 aromatic heterocycles. The molecule has 2 aromatic carbocycles. The van der Waals surface area contributed by atoms with Crippen LogP contribution in [0.1, 0.15) is 67.2 Å². The standard InChI is InChI=1S/C26H29NO2/c1-25-11-9-20-21(8-7-18-14-24(28)19(16-27)13-22(18)20)23(25)10-12-26(25,29)15-17-5-3-2-4-6-17/h2-6,13-14,20-21,23,28-29H,7-12,15H2,1H3/t20?,21?,23?,25-,26+/m0/s1. The maximum Gasteiger partial charge on any atom is 0.133 e. The highest BCUT2D eigenvalue weighted by Crippen LogP contribution is 2.65. The molecule has 2 aromatic rings. The monoisotopic (exact) mass is 387 g/mol. The lowest BCUT2D eigenvalue weighted by molar-refractivity contribution is -0.102. The Morgan fingerprint density at radius 1 is 1.10 bits per heavy atom. The van der Waals surface area contributed by atoms with Gasteiger partial charge in [-0.05, 0) is 90.5 Å². The summed E-state index contributed by atoms with van der Waals surface area (Å²) in [6.07, 6.45) is 6.84. The Kier molecular flexibility index (Phi) is 4.26. The fraction of sp³-hybridized carbons (Fsp3) is 0.500. The van der Waals surface area contributed by atoms with Crippen molar-refractivity contribution in [3.63, 3.8) is 0 Å². The number of phenolic OH excluding ortho intramolecular Hbond substituents is 1. The summed E-state index contributed by atoms with van der Waals surface area (Å²) in [6.45, 7) is 2.33. The van der Waals surface area contributed by atoms with E-state index in [1.165, 1.54) is 16.7 Å². The van der Waals surface area contributed by atoms with Gasteiger partial charge in [0.25, 0.3) is 0 Å². The molecule has 0 aliphatic heterocycles. The molecule has 2 N–H and O–H groups in total. The highest BCUT2D eigenvalue weighted by Gasteiger charge is 2.61. The summed E-state index contributed by atoms with van der Waals surface area (Å²) in [6, 6.07) is 16.3. The molecule has 0 bridgehead atoms. The van der Waals surface area contributed by atoms with Gasteiger partial charge in [0.2, 0.25) is 0 Å². The van der Waals surface area contributed by atoms with Crippen LogP contribution in [0.2, 0.25) is 0 Å². The highest BCUT2D eigenvalue weighted by atomic mass is 16.3. The first-order chi connectivity index (χ1) is 13.9. The van der Waals surface area contributed by atoms with Gasteiger partial charge in [-0.2, -0.15) is 5.26 Å². The molecule has 0 spiro atoms. The van der Waals surface area contributed by atoms with Gasteiger partial charge in [0.1, 0.15) is 11.8 Å². The summed E-state index contributed by atoms with van der Waals surface area (Å²) in [7, 11) is 0. The van der Waals surface area contributed by atoms with Crippen LogP contribution in [-0.2, 0) is 12.8 Å². The second-order valence-corrected chi connectivity index (χ2v) is 9.78. The van der Waals surface area contributed by atoms with Gasteiger partial charge < -0.3 is 10.2 Å². The molecular formula is C26H29NO2. The quantitative estimate of drug-likeness (QED) is 0.754. The number of phenols is 1. The van der Waals surface area contributed by atoms with Crippen molar-refractivity contribution >= 4 is 0 Å². The molecule has 3 heteroatoms. The largest absolute Gasteiger partial charge is 0.507 e. The van der Waals surface area contributed by atoms with Crippen molar-refractivity contribution in [2.75, 3.05) is 0 Å². The number of aromatic hydroxyl groups is 1. The molecule has 0 heterocycles. The molecular weight excluding hydrogens is 358 g/mol. The second-order valence-electron chi connectivity index (χ2n) is 9.78. The maximum absolute atomic E-state index is 11.8. The van der Waals surface area contributed by atoms with Crippen LogP contribution in [0.4, 0.5) is 0 Å². The zero-order valence-electron chi connectivity index (χ0n) is 17.1. The van der Waals surface area contributed by atoms with Crippen LogP contribution in [0.15, 0.2) is 42.5 Å². The molecule has 3 unspecified atom stereocenters. The van der Waals surface area contributed by atoms with E-state index in [1.807, 2.05) is 18.2 Å². The summed E-state index contributed by atoms with van der Waals surface area (Å²) >= 11 is 0. The van der Waals surface area contributed by atoms with Crippen molar-refractivity contribution in [1.29, 1.82) is 5.26 Å². The van der Waals surface area contributed by atoms with E-state index >= 15 is 0 Å². The number of hydrogen-bond donors (Lipinski definition) is 2. The van der Waals surface area contributed by atoms with Crippen molar-refractivity contribution in [2.24, 2.45) is 17.3 Å². The Labute approximate surface area is 173 Å². The third-order valence-electron chi connectivity index (χ3n) is 8.62. The van der Waals surface area contributed by atoms with Gasteiger partial charge in [0, 0.05) is 6.42 Å². The molecule has 0 radical (unpaired) electrons. The van der Waals surface area contributed by atoms with Crippen LogP contribution < -0.4 is 0 Å². The van der Waals surface area contributed by atoms with E-state index in [1.54, 1.807) is 0 Å². The minimum absolute atomic E-state index is 0.0590. The minimum Gasteiger partial charge on any atom is -0.507 e. The van der Waals surface area contributed by atoms with E-state index in [2.05, 4.69) is 37.3 Å². The first-order valence-electron chi connectivity index (χ1n) is 11.0. The van der Waals surface area contributed by atoms with Crippen molar-refractivity contribution < 1.29 is 10.2 Å². The lowest BCUT2D eigenvalue weighted by Gasteiger charge is -2.53. The number of aliphatic hydroxyl groups is 1. The van der Waals surface area contributed by atoms with Crippen LogP contribution in [-0.4, -0.2) is 15.8 Å². The summed E-state index contributed by atoms with van der Waals surface area (Å²) in [5.41, 5.74) is 3.40. The summed E-state index contributed by atoms with van der Waals surface area (Å²) in [4.78, 5) is 0. The van der Waals surface area contributed by atoms with Gasteiger partial charge in [-0.15, -0.1) is 0 Å². The van der Waals surface area contributed by atoms with Gasteiger partial charge in [0.15, 0.2) is 0 Å². The molecule has 3 aliphatic rings. The zero-order chi connectivity index (χ0) is 20.2. The van der Waals surface area contributed by atoms with Crippen LogP contribution in [0.25, 0.3) is 0 Å². The van der Waals surface area contributed by atoms with Crippen molar-refractivity contribution in [2.45, 2.75) is 63.4 Å². The number of nitriles is 1. The normalized spacial score (nSPS) is 35.3. The average Bonchev–Trinajstić information content (AvgIpc) is 2.98. The first kappa shape index (κ1) is 18.7. The summed E-state index contributed by atoms with van der Waals surface area (Å²) < 4.78 is 0. The van der Waals surface area contributed by atoms with Gasteiger partial charge >= 0.3 is 0 Å². The molecule has 29 heavy (non-hydrogen) atoms. The Hall–Kier alpha value is -2.31. The van der Waals surface area contributed by atoms with E-state index in [-0.39, 0.29) is 11.2 Å². The van der Waals surface area contributed by atoms with Gasteiger partial charge in [-0.3, -0.25) is 0 Å². The smallest absolute Gasteiger partial charge is 0.133 e. The number of rotatable bonds is 2. The highest BCUT2D eigenvalue weighted by molar-refractivity contribution is 5.50. The summed E-state index contributed by atoms with van der Waals surface area (Å²) in [5, 5.41) is 31.3. The lowest BCUT2D eigenvalue weighted by atomic mass is 9.52. The predicted molar refractivity (Wildman–Crippen MR) is 113 cm³/mol. The molecule has 3 nitrogen and oxygen atoms in total. The van der Waals surface area contributed by atoms with Gasteiger partial charge in [0.05, 0.1) is 11.2 Å². The fourth-order valence-corrected chi connectivity index (χ4v) is 7.03. The fourth-order valence-electron chi connectivity index (χ4n) is 7.03. The second kappa shape index (κ2) is 6.61. The van der Waals surface area contributed by atoms with Crippen molar-refractivity contribution in [3.05, 3.63) is 64.7 Å². The third kappa shape index (κ3) is 2.73. The third-order valence-corrected chi connectivity index (χ3v) is 8.62. The molecule has 0 saturated heterocycles. The van der Waals surface area contributed by atoms with E-state index in [0.717, 1.165) is 44.9 Å². The van der Waals surface area contributed by atoms with Gasteiger partial charge in [-0.1, -0.05) is 37.3 Å². The SMILES string of the molecule is C[C@]12CCC3c4cc(C#N)c(O)cc4CCC3C1CC[C@@]2(O)Cc1ccccc1. The van der Waals surface area contributed by atoms with Crippen LogP contribution in [0, 0.1) is 28.6 Å².